The molecule has 0 fully saturated rings. The van der Waals surface area contributed by atoms with E-state index in [1.165, 1.54) is 24.3 Å². The zero-order valence-corrected chi connectivity index (χ0v) is 12.5. The van der Waals surface area contributed by atoms with Crippen molar-refractivity contribution >= 4 is 34.3 Å². The normalized spacial score (nSPS) is 10.8. The Morgan fingerprint density at radius 1 is 1.12 bits per heavy atom. The molecule has 0 unspecified atom stereocenters. The number of nitro benzene ring substituents is 1. The summed E-state index contributed by atoms with van der Waals surface area (Å²) in [6.07, 6.45) is 4.57. The lowest BCUT2D eigenvalue weighted by Gasteiger charge is -2.06. The van der Waals surface area contributed by atoms with Crippen molar-refractivity contribution in [3.63, 3.8) is 0 Å². The summed E-state index contributed by atoms with van der Waals surface area (Å²) in [7, 11) is 0. The summed E-state index contributed by atoms with van der Waals surface area (Å²) < 4.78 is 0. The third-order valence-corrected chi connectivity index (χ3v) is 3.41. The molecule has 1 heterocycles. The predicted molar refractivity (Wildman–Crippen MR) is 92.5 cm³/mol. The Morgan fingerprint density at radius 3 is 2.79 bits per heavy atom. The summed E-state index contributed by atoms with van der Waals surface area (Å²) in [5, 5.41) is 14.4. The quantitative estimate of drug-likeness (QED) is 0.450. The van der Waals surface area contributed by atoms with Crippen molar-refractivity contribution in [3.05, 3.63) is 82.5 Å². The third-order valence-electron chi connectivity index (χ3n) is 3.41. The number of pyridine rings is 1. The topological polar surface area (TPSA) is 85.1 Å². The molecule has 2 aromatic carbocycles. The number of hydrogen-bond acceptors (Lipinski definition) is 4. The smallest absolute Gasteiger partial charge is 0.270 e. The van der Waals surface area contributed by atoms with Gasteiger partial charge in [-0.3, -0.25) is 19.9 Å². The molecule has 0 atom stereocenters. The molecule has 1 aromatic heterocycles. The van der Waals surface area contributed by atoms with Crippen molar-refractivity contribution < 1.29 is 9.72 Å². The van der Waals surface area contributed by atoms with Crippen LogP contribution in [0.25, 0.3) is 17.0 Å². The Bertz CT molecular complexity index is 946. The molecule has 1 amide bonds. The van der Waals surface area contributed by atoms with Crippen LogP contribution in [-0.4, -0.2) is 15.8 Å². The first-order valence-electron chi connectivity index (χ1n) is 7.21. The summed E-state index contributed by atoms with van der Waals surface area (Å²) >= 11 is 0. The van der Waals surface area contributed by atoms with Crippen LogP contribution in [0, 0.1) is 10.1 Å². The van der Waals surface area contributed by atoms with Crippen LogP contribution in [0.1, 0.15) is 5.56 Å². The largest absolute Gasteiger partial charge is 0.322 e. The number of fused-ring (bicyclic) bond motifs is 1. The van der Waals surface area contributed by atoms with Crippen LogP contribution in [0.4, 0.5) is 11.4 Å². The van der Waals surface area contributed by atoms with Gasteiger partial charge in [0.2, 0.25) is 5.91 Å². The van der Waals surface area contributed by atoms with Crippen LogP contribution in [0.5, 0.6) is 0 Å². The van der Waals surface area contributed by atoms with Crippen molar-refractivity contribution in [2.45, 2.75) is 0 Å². The highest BCUT2D eigenvalue weighted by atomic mass is 16.6. The average molecular weight is 319 g/mol. The second kappa shape index (κ2) is 6.70. The van der Waals surface area contributed by atoms with Gasteiger partial charge in [-0.05, 0) is 35.9 Å². The highest BCUT2D eigenvalue weighted by Crippen LogP contribution is 2.21. The number of amides is 1. The van der Waals surface area contributed by atoms with E-state index in [1.54, 1.807) is 30.5 Å². The maximum absolute atomic E-state index is 12.1. The number of hydrogen-bond donors (Lipinski definition) is 1. The minimum atomic E-state index is -0.472. The second-order valence-electron chi connectivity index (χ2n) is 5.05. The summed E-state index contributed by atoms with van der Waals surface area (Å²) in [6, 6.07) is 15.2. The summed E-state index contributed by atoms with van der Waals surface area (Å²) in [5.41, 5.74) is 2.02. The van der Waals surface area contributed by atoms with Gasteiger partial charge in [0.1, 0.15) is 0 Å². The molecule has 0 radical (unpaired) electrons. The molecule has 24 heavy (non-hydrogen) atoms. The number of aromatic nitrogens is 1. The Hall–Kier alpha value is -3.54. The van der Waals surface area contributed by atoms with E-state index in [4.69, 9.17) is 0 Å². The molecule has 6 nitrogen and oxygen atoms in total. The minimum absolute atomic E-state index is 0.0160. The van der Waals surface area contributed by atoms with Crippen molar-refractivity contribution in [1.82, 2.24) is 4.98 Å². The molecule has 0 aliphatic heterocycles. The van der Waals surface area contributed by atoms with Crippen LogP contribution >= 0.6 is 0 Å². The van der Waals surface area contributed by atoms with Gasteiger partial charge in [-0.25, -0.2) is 0 Å². The first kappa shape index (κ1) is 15.4. The second-order valence-corrected chi connectivity index (χ2v) is 5.05. The molecular formula is C18H13N3O3. The Labute approximate surface area is 137 Å². The van der Waals surface area contributed by atoms with Crippen LogP contribution in [0.15, 0.2) is 66.9 Å². The Balaban J connectivity index is 1.78. The maximum atomic E-state index is 12.1. The number of benzene rings is 2. The summed E-state index contributed by atoms with van der Waals surface area (Å²) in [6.45, 7) is 0. The molecule has 0 aliphatic rings. The molecule has 3 rings (SSSR count). The minimum Gasteiger partial charge on any atom is -0.322 e. The van der Waals surface area contributed by atoms with Gasteiger partial charge in [0.15, 0.2) is 0 Å². The number of carbonyl (C=O) groups is 1. The predicted octanol–water partition coefficient (Wildman–Crippen LogP) is 3.79. The molecule has 0 saturated carbocycles. The Morgan fingerprint density at radius 2 is 1.96 bits per heavy atom. The van der Waals surface area contributed by atoms with Gasteiger partial charge in [-0.1, -0.05) is 18.2 Å². The first-order chi connectivity index (χ1) is 11.6. The van der Waals surface area contributed by atoms with Gasteiger partial charge in [0.05, 0.1) is 16.1 Å². The molecule has 1 N–H and O–H groups in total. The van der Waals surface area contributed by atoms with Crippen molar-refractivity contribution in [2.75, 3.05) is 5.32 Å². The van der Waals surface area contributed by atoms with Crippen LogP contribution in [0.2, 0.25) is 0 Å². The highest BCUT2D eigenvalue weighted by molar-refractivity contribution is 6.06. The highest BCUT2D eigenvalue weighted by Gasteiger charge is 2.05. The average Bonchev–Trinajstić information content (AvgIpc) is 2.60. The van der Waals surface area contributed by atoms with Gasteiger partial charge < -0.3 is 5.32 Å². The number of carbonyl (C=O) groups excluding carboxylic acids is 1. The molecule has 3 aromatic rings. The van der Waals surface area contributed by atoms with E-state index >= 15 is 0 Å². The fraction of sp³-hybridized carbons (Fsp3) is 0. The molecule has 0 saturated heterocycles. The SMILES string of the molecule is O=C(C=Cc1cccc([N+](=O)[O-])c1)Nc1cccc2ncccc12. The van der Waals surface area contributed by atoms with Gasteiger partial charge >= 0.3 is 0 Å². The number of nitrogens with one attached hydrogen (secondary N) is 1. The standard InChI is InChI=1S/C18H13N3O3/c22-18(10-9-13-4-1-5-14(12-13)21(23)24)20-17-8-2-7-16-15(17)6-3-11-19-16/h1-12H,(H,20,22). The number of rotatable bonds is 4. The maximum Gasteiger partial charge on any atom is 0.270 e. The number of non-ortho nitro benzene ring substituents is 1. The van der Waals surface area contributed by atoms with Gasteiger partial charge in [-0.15, -0.1) is 0 Å². The van der Waals surface area contributed by atoms with E-state index in [2.05, 4.69) is 10.3 Å². The third kappa shape index (κ3) is 3.44. The monoisotopic (exact) mass is 319 g/mol. The van der Waals surface area contributed by atoms with Crippen LogP contribution in [0.3, 0.4) is 0 Å². The van der Waals surface area contributed by atoms with Gasteiger partial charge in [0, 0.05) is 29.8 Å². The van der Waals surface area contributed by atoms with E-state index in [-0.39, 0.29) is 11.6 Å². The van der Waals surface area contributed by atoms with Crippen LogP contribution < -0.4 is 5.32 Å². The van der Waals surface area contributed by atoms with E-state index < -0.39 is 4.92 Å². The molecule has 118 valence electrons. The van der Waals surface area contributed by atoms with Crippen molar-refractivity contribution in [1.29, 1.82) is 0 Å². The number of nitro groups is 1. The number of nitrogens with zero attached hydrogens (tertiary/aromatic N) is 2. The Kier molecular flexibility index (Phi) is 4.29. The lowest BCUT2D eigenvalue weighted by molar-refractivity contribution is -0.384. The molecule has 0 aliphatic carbocycles. The first-order valence-corrected chi connectivity index (χ1v) is 7.21. The lowest BCUT2D eigenvalue weighted by Crippen LogP contribution is -2.08. The lowest BCUT2D eigenvalue weighted by atomic mass is 10.1. The number of anilines is 1. The summed E-state index contributed by atoms with van der Waals surface area (Å²) in [5.74, 6) is -0.321. The summed E-state index contributed by atoms with van der Waals surface area (Å²) in [4.78, 5) is 26.6. The zero-order valence-electron chi connectivity index (χ0n) is 12.5. The van der Waals surface area contributed by atoms with Crippen molar-refractivity contribution in [2.24, 2.45) is 0 Å². The van der Waals surface area contributed by atoms with Crippen molar-refractivity contribution in [3.8, 4) is 0 Å². The zero-order chi connectivity index (χ0) is 16.9. The fourth-order valence-electron chi connectivity index (χ4n) is 2.30. The van der Waals surface area contributed by atoms with E-state index in [9.17, 15) is 14.9 Å². The van der Waals surface area contributed by atoms with E-state index in [1.807, 2.05) is 18.2 Å². The van der Waals surface area contributed by atoms with Gasteiger partial charge in [-0.2, -0.15) is 0 Å². The molecule has 0 bridgehead atoms. The molecule has 0 spiro atoms. The van der Waals surface area contributed by atoms with Crippen LogP contribution in [-0.2, 0) is 4.79 Å². The molecular weight excluding hydrogens is 306 g/mol. The van der Waals surface area contributed by atoms with E-state index in [0.717, 1.165) is 10.9 Å². The fourth-order valence-corrected chi connectivity index (χ4v) is 2.30. The molecule has 6 heteroatoms. The van der Waals surface area contributed by atoms with Gasteiger partial charge in [0.25, 0.3) is 5.69 Å². The van der Waals surface area contributed by atoms with E-state index in [0.29, 0.717) is 11.3 Å².